The van der Waals surface area contributed by atoms with Gasteiger partial charge < -0.3 is 24.1 Å². The first-order chi connectivity index (χ1) is 18.7. The third kappa shape index (κ3) is 7.43. The minimum atomic E-state index is -3.66. The predicted octanol–water partition coefficient (Wildman–Crippen LogP) is 2.55. The number of morpholine rings is 1. The van der Waals surface area contributed by atoms with E-state index in [0.29, 0.717) is 30.3 Å². The molecule has 1 aliphatic heterocycles. The highest BCUT2D eigenvalue weighted by Crippen LogP contribution is 2.21. The summed E-state index contributed by atoms with van der Waals surface area (Å²) in [4.78, 5) is 27.5. The highest BCUT2D eigenvalue weighted by Gasteiger charge is 2.28. The molecule has 1 saturated heterocycles. The summed E-state index contributed by atoms with van der Waals surface area (Å²) in [7, 11) is -3.66. The van der Waals surface area contributed by atoms with Crippen LogP contribution in [-0.2, 0) is 37.4 Å². The average molecular weight is 560 g/mol. The monoisotopic (exact) mass is 559 g/mol. The molecule has 2 aromatic carbocycles. The molecule has 39 heavy (non-hydrogen) atoms. The lowest BCUT2D eigenvalue weighted by atomic mass is 10.1. The first-order valence-corrected chi connectivity index (χ1v) is 13.8. The van der Waals surface area contributed by atoms with Crippen LogP contribution < -0.4 is 10.1 Å². The molecule has 1 aromatic heterocycles. The summed E-state index contributed by atoms with van der Waals surface area (Å²) in [6, 6.07) is 14.0. The van der Waals surface area contributed by atoms with Crippen molar-refractivity contribution in [3.05, 3.63) is 84.1 Å². The van der Waals surface area contributed by atoms with Crippen LogP contribution in [0.15, 0.2) is 76.2 Å². The lowest BCUT2D eigenvalue weighted by Gasteiger charge is -2.28. The second-order valence-electron chi connectivity index (χ2n) is 8.90. The van der Waals surface area contributed by atoms with Gasteiger partial charge in [-0.2, -0.15) is 4.31 Å². The SMILES string of the molecule is CC(C(=O)NCc1ccco1)N(Cc1ccc(F)cc1)C(=O)COc1ccc(S(=O)(=O)N2CCOCC2)cc1. The van der Waals surface area contributed by atoms with E-state index in [9.17, 15) is 22.4 Å². The Morgan fingerprint density at radius 3 is 2.41 bits per heavy atom. The van der Waals surface area contributed by atoms with Crippen LogP contribution in [0.2, 0.25) is 0 Å². The maximum Gasteiger partial charge on any atom is 0.261 e. The molecule has 1 N–H and O–H groups in total. The minimum absolute atomic E-state index is 0.0501. The Hall–Kier alpha value is -3.74. The third-order valence-electron chi connectivity index (χ3n) is 6.24. The Morgan fingerprint density at radius 1 is 1.08 bits per heavy atom. The molecule has 0 spiro atoms. The van der Waals surface area contributed by atoms with Crippen molar-refractivity contribution in [1.82, 2.24) is 14.5 Å². The highest BCUT2D eigenvalue weighted by molar-refractivity contribution is 7.89. The molecule has 2 heterocycles. The van der Waals surface area contributed by atoms with E-state index >= 15 is 0 Å². The summed E-state index contributed by atoms with van der Waals surface area (Å²) in [5, 5.41) is 2.74. The molecule has 10 nitrogen and oxygen atoms in total. The second kappa shape index (κ2) is 12.9. The van der Waals surface area contributed by atoms with Crippen LogP contribution in [0, 0.1) is 5.82 Å². The largest absolute Gasteiger partial charge is 0.484 e. The number of nitrogens with one attached hydrogen (secondary N) is 1. The summed E-state index contributed by atoms with van der Waals surface area (Å²) >= 11 is 0. The summed E-state index contributed by atoms with van der Waals surface area (Å²) in [6.07, 6.45) is 1.50. The number of halogens is 1. The standard InChI is InChI=1S/C27H30FN3O7S/c1-20(27(33)29-17-24-3-2-14-37-24)31(18-21-4-6-22(28)7-5-21)26(32)19-38-23-8-10-25(11-9-23)39(34,35)30-12-15-36-16-13-30/h2-11,14,20H,12-13,15-19H2,1H3,(H,29,33). The van der Waals surface area contributed by atoms with Gasteiger partial charge in [0, 0.05) is 19.6 Å². The zero-order chi connectivity index (χ0) is 27.8. The molecule has 208 valence electrons. The fourth-order valence-corrected chi connectivity index (χ4v) is 5.38. The van der Waals surface area contributed by atoms with E-state index in [1.807, 2.05) is 0 Å². The Morgan fingerprint density at radius 2 is 1.77 bits per heavy atom. The van der Waals surface area contributed by atoms with Gasteiger partial charge in [-0.3, -0.25) is 9.59 Å². The molecule has 4 rings (SSSR count). The summed E-state index contributed by atoms with van der Waals surface area (Å²) < 4.78 is 56.5. The summed E-state index contributed by atoms with van der Waals surface area (Å²) in [5.41, 5.74) is 0.633. The van der Waals surface area contributed by atoms with Crippen molar-refractivity contribution >= 4 is 21.8 Å². The smallest absolute Gasteiger partial charge is 0.261 e. The molecule has 1 aliphatic rings. The first kappa shape index (κ1) is 28.3. The second-order valence-corrected chi connectivity index (χ2v) is 10.8. The van der Waals surface area contributed by atoms with Gasteiger partial charge in [0.05, 0.1) is 30.9 Å². The topological polar surface area (TPSA) is 118 Å². The normalized spacial score (nSPS) is 14.9. The van der Waals surface area contributed by atoms with Gasteiger partial charge in [0.15, 0.2) is 6.61 Å². The van der Waals surface area contributed by atoms with Crippen LogP contribution in [0.1, 0.15) is 18.2 Å². The zero-order valence-electron chi connectivity index (χ0n) is 21.4. The number of sulfonamides is 1. The summed E-state index contributed by atoms with van der Waals surface area (Å²) in [5.74, 6) is -0.442. The van der Waals surface area contributed by atoms with E-state index in [-0.39, 0.29) is 31.1 Å². The lowest BCUT2D eigenvalue weighted by molar-refractivity contribution is -0.142. The number of carbonyl (C=O) groups excluding carboxylic acids is 2. The molecule has 1 fully saturated rings. The van der Waals surface area contributed by atoms with E-state index in [1.54, 1.807) is 19.1 Å². The van der Waals surface area contributed by atoms with Crippen LogP contribution in [0.3, 0.4) is 0 Å². The van der Waals surface area contributed by atoms with Crippen molar-refractivity contribution in [2.24, 2.45) is 0 Å². The number of hydrogen-bond acceptors (Lipinski definition) is 7. The van der Waals surface area contributed by atoms with Gasteiger partial charge in [0.25, 0.3) is 5.91 Å². The number of carbonyl (C=O) groups is 2. The number of furan rings is 1. The molecule has 0 saturated carbocycles. The molecule has 2 amide bonds. The van der Waals surface area contributed by atoms with E-state index < -0.39 is 40.3 Å². The van der Waals surface area contributed by atoms with Crippen molar-refractivity contribution in [2.45, 2.75) is 31.0 Å². The van der Waals surface area contributed by atoms with Crippen molar-refractivity contribution in [2.75, 3.05) is 32.9 Å². The van der Waals surface area contributed by atoms with Crippen molar-refractivity contribution in [3.63, 3.8) is 0 Å². The Balaban J connectivity index is 1.41. The maximum absolute atomic E-state index is 13.4. The fraction of sp³-hybridized carbons (Fsp3) is 0.333. The molecular weight excluding hydrogens is 529 g/mol. The quantitative estimate of drug-likeness (QED) is 0.384. The number of rotatable bonds is 11. The number of ether oxygens (including phenoxy) is 2. The van der Waals surface area contributed by atoms with E-state index in [4.69, 9.17) is 13.9 Å². The average Bonchev–Trinajstić information content (AvgIpc) is 3.48. The van der Waals surface area contributed by atoms with Crippen molar-refractivity contribution in [3.8, 4) is 5.75 Å². The lowest BCUT2D eigenvalue weighted by Crippen LogP contribution is -2.48. The Bertz CT molecular complexity index is 1340. The van der Waals surface area contributed by atoms with Crippen LogP contribution in [0.25, 0.3) is 0 Å². The van der Waals surface area contributed by atoms with E-state index in [1.165, 1.54) is 64.0 Å². The highest BCUT2D eigenvalue weighted by atomic mass is 32.2. The van der Waals surface area contributed by atoms with E-state index in [0.717, 1.165) is 0 Å². The number of nitrogens with zero attached hydrogens (tertiary/aromatic N) is 2. The van der Waals surface area contributed by atoms with Gasteiger partial charge in [0.2, 0.25) is 15.9 Å². The number of amides is 2. The molecule has 1 unspecified atom stereocenters. The third-order valence-corrected chi connectivity index (χ3v) is 8.16. The Labute approximate surface area is 226 Å². The zero-order valence-corrected chi connectivity index (χ0v) is 22.2. The first-order valence-electron chi connectivity index (χ1n) is 12.4. The maximum atomic E-state index is 13.4. The van der Waals surface area contributed by atoms with Crippen molar-refractivity contribution in [1.29, 1.82) is 0 Å². The van der Waals surface area contributed by atoms with E-state index in [2.05, 4.69) is 5.32 Å². The predicted molar refractivity (Wildman–Crippen MR) is 138 cm³/mol. The Kier molecular flexibility index (Phi) is 9.33. The van der Waals surface area contributed by atoms with Gasteiger partial charge in [-0.05, 0) is 61.0 Å². The molecule has 0 bridgehead atoms. The van der Waals surface area contributed by atoms with Crippen LogP contribution in [-0.4, -0.2) is 68.4 Å². The van der Waals surface area contributed by atoms with Gasteiger partial charge in [-0.15, -0.1) is 0 Å². The molecule has 12 heteroatoms. The van der Waals surface area contributed by atoms with Gasteiger partial charge in [0.1, 0.15) is 23.4 Å². The molecular formula is C27H30FN3O7S. The molecule has 1 atom stereocenters. The molecule has 0 aliphatic carbocycles. The summed E-state index contributed by atoms with van der Waals surface area (Å²) in [6.45, 7) is 2.65. The van der Waals surface area contributed by atoms with Gasteiger partial charge >= 0.3 is 0 Å². The van der Waals surface area contributed by atoms with Crippen LogP contribution in [0.5, 0.6) is 5.75 Å². The van der Waals surface area contributed by atoms with Gasteiger partial charge in [-0.1, -0.05) is 12.1 Å². The fourth-order valence-electron chi connectivity index (χ4n) is 3.98. The molecule has 3 aromatic rings. The van der Waals surface area contributed by atoms with Crippen molar-refractivity contribution < 1.29 is 36.3 Å². The van der Waals surface area contributed by atoms with Crippen LogP contribution in [0.4, 0.5) is 4.39 Å². The number of benzene rings is 2. The molecule has 0 radical (unpaired) electrons. The van der Waals surface area contributed by atoms with Gasteiger partial charge in [-0.25, -0.2) is 12.8 Å². The van der Waals surface area contributed by atoms with Crippen LogP contribution >= 0.6 is 0 Å². The minimum Gasteiger partial charge on any atom is -0.484 e. The number of hydrogen-bond donors (Lipinski definition) is 1.